The summed E-state index contributed by atoms with van der Waals surface area (Å²) in [5.41, 5.74) is 1.13. The molecular weight excluding hydrogens is 318 g/mol. The number of morpholine rings is 1. The van der Waals surface area contributed by atoms with Gasteiger partial charge in [0.2, 0.25) is 0 Å². The molecule has 1 aliphatic heterocycles. The molecule has 2 heterocycles. The van der Waals surface area contributed by atoms with Gasteiger partial charge < -0.3 is 25.0 Å². The van der Waals surface area contributed by atoms with E-state index in [-0.39, 0.29) is 5.91 Å². The molecule has 1 aliphatic rings. The third kappa shape index (κ3) is 4.63. The molecule has 0 spiro atoms. The number of thiocarbonyl (C=S) groups is 1. The van der Waals surface area contributed by atoms with Crippen molar-refractivity contribution in [1.82, 2.24) is 20.0 Å². The lowest BCUT2D eigenvalue weighted by atomic mass is 10.3. The van der Waals surface area contributed by atoms with Gasteiger partial charge in [-0.25, -0.2) is 0 Å². The van der Waals surface area contributed by atoms with Crippen LogP contribution in [0.5, 0.6) is 0 Å². The van der Waals surface area contributed by atoms with Crippen LogP contribution in [-0.2, 0) is 16.0 Å². The highest BCUT2D eigenvalue weighted by Gasteiger charge is 2.25. The van der Waals surface area contributed by atoms with Crippen molar-refractivity contribution in [3.8, 4) is 0 Å². The monoisotopic (exact) mass is 341 g/mol. The number of amides is 1. The number of aromatic nitrogens is 2. The van der Waals surface area contributed by atoms with Gasteiger partial charge in [-0.05, 0) is 19.1 Å². The van der Waals surface area contributed by atoms with Crippen LogP contribution in [0.1, 0.15) is 17.4 Å². The molecule has 2 N–H and O–H groups in total. The van der Waals surface area contributed by atoms with Gasteiger partial charge in [0.1, 0.15) is 5.69 Å². The summed E-state index contributed by atoms with van der Waals surface area (Å²) >= 11 is 5.24. The van der Waals surface area contributed by atoms with Crippen molar-refractivity contribution in [2.24, 2.45) is 0 Å². The molecule has 1 fully saturated rings. The summed E-state index contributed by atoms with van der Waals surface area (Å²) in [6.45, 7) is 6.00. The van der Waals surface area contributed by atoms with Crippen molar-refractivity contribution in [2.75, 3.05) is 51.9 Å². The van der Waals surface area contributed by atoms with Crippen LogP contribution in [0, 0.1) is 0 Å². The third-order valence-electron chi connectivity index (χ3n) is 3.48. The highest BCUT2D eigenvalue weighted by atomic mass is 32.1. The average molecular weight is 341 g/mol. The lowest BCUT2D eigenvalue weighted by molar-refractivity contribution is 0.0295. The van der Waals surface area contributed by atoms with E-state index < -0.39 is 0 Å². The van der Waals surface area contributed by atoms with Gasteiger partial charge in [-0.2, -0.15) is 5.10 Å². The molecule has 1 aromatic heterocycles. The molecule has 23 heavy (non-hydrogen) atoms. The van der Waals surface area contributed by atoms with Crippen LogP contribution in [-0.4, -0.2) is 72.3 Å². The first-order chi connectivity index (χ1) is 11.2. The Hall–Kier alpha value is -1.71. The molecule has 2 rings (SSSR count). The first-order valence-electron chi connectivity index (χ1n) is 7.64. The number of rotatable bonds is 6. The Morgan fingerprint density at radius 2 is 2.22 bits per heavy atom. The smallest absolute Gasteiger partial charge is 0.274 e. The standard InChI is InChI=1S/C14H23N5O3S/c1-3-19-12(13(20)18-5-8-22-9-6-18)11(10-16-19)17-14(23)15-4-7-21-2/h10H,3-9H2,1-2H3,(H2,15,17,23). The Kier molecular flexibility index (Phi) is 6.75. The third-order valence-corrected chi connectivity index (χ3v) is 3.73. The largest absolute Gasteiger partial charge is 0.383 e. The van der Waals surface area contributed by atoms with Crippen LogP contribution in [0.2, 0.25) is 0 Å². The number of carbonyl (C=O) groups excluding carboxylic acids is 1. The number of hydrogen-bond acceptors (Lipinski definition) is 5. The maximum absolute atomic E-state index is 12.8. The van der Waals surface area contributed by atoms with E-state index in [1.54, 1.807) is 22.9 Å². The van der Waals surface area contributed by atoms with Crippen molar-refractivity contribution in [2.45, 2.75) is 13.5 Å². The first-order valence-corrected chi connectivity index (χ1v) is 8.04. The minimum Gasteiger partial charge on any atom is -0.383 e. The Morgan fingerprint density at radius 1 is 1.48 bits per heavy atom. The summed E-state index contributed by atoms with van der Waals surface area (Å²) in [4.78, 5) is 14.6. The Bertz CT molecular complexity index is 543. The molecule has 0 radical (unpaired) electrons. The minimum absolute atomic E-state index is 0.0603. The molecule has 1 saturated heterocycles. The molecule has 1 amide bonds. The topological polar surface area (TPSA) is 80.7 Å². The number of nitrogens with zero attached hydrogens (tertiary/aromatic N) is 3. The number of hydrogen-bond donors (Lipinski definition) is 2. The van der Waals surface area contributed by atoms with Crippen LogP contribution < -0.4 is 10.6 Å². The number of methoxy groups -OCH3 is 1. The predicted octanol–water partition coefficient (Wildman–Crippen LogP) is 0.308. The molecule has 0 atom stereocenters. The summed E-state index contributed by atoms with van der Waals surface area (Å²) < 4.78 is 11.9. The Balaban J connectivity index is 2.09. The van der Waals surface area contributed by atoms with E-state index in [1.807, 2.05) is 6.92 Å². The predicted molar refractivity (Wildman–Crippen MR) is 90.7 cm³/mol. The lowest BCUT2D eigenvalue weighted by Crippen LogP contribution is -2.42. The van der Waals surface area contributed by atoms with E-state index in [0.717, 1.165) is 0 Å². The van der Waals surface area contributed by atoms with Gasteiger partial charge >= 0.3 is 0 Å². The second-order valence-electron chi connectivity index (χ2n) is 5.00. The molecule has 1 aromatic rings. The van der Waals surface area contributed by atoms with Crippen molar-refractivity contribution < 1.29 is 14.3 Å². The second kappa shape index (κ2) is 8.80. The molecule has 128 valence electrons. The van der Waals surface area contributed by atoms with Gasteiger partial charge in [-0.1, -0.05) is 0 Å². The van der Waals surface area contributed by atoms with Crippen LogP contribution in [0.4, 0.5) is 5.69 Å². The Morgan fingerprint density at radius 3 is 2.87 bits per heavy atom. The van der Waals surface area contributed by atoms with Gasteiger partial charge in [0, 0.05) is 33.3 Å². The highest BCUT2D eigenvalue weighted by Crippen LogP contribution is 2.18. The van der Waals surface area contributed by atoms with Crippen molar-refractivity contribution >= 4 is 28.9 Å². The molecule has 0 aliphatic carbocycles. The number of aryl methyl sites for hydroxylation is 1. The van der Waals surface area contributed by atoms with Gasteiger partial charge in [-0.3, -0.25) is 9.48 Å². The van der Waals surface area contributed by atoms with E-state index in [2.05, 4.69) is 15.7 Å². The number of ether oxygens (including phenoxy) is 2. The molecular formula is C14H23N5O3S. The second-order valence-corrected chi connectivity index (χ2v) is 5.41. The average Bonchev–Trinajstić information content (AvgIpc) is 2.97. The molecule has 0 bridgehead atoms. The normalized spacial score (nSPS) is 14.6. The molecule has 0 aromatic carbocycles. The maximum Gasteiger partial charge on any atom is 0.274 e. The molecule has 9 heteroatoms. The zero-order valence-corrected chi connectivity index (χ0v) is 14.3. The van der Waals surface area contributed by atoms with E-state index in [0.29, 0.717) is 62.5 Å². The van der Waals surface area contributed by atoms with Crippen molar-refractivity contribution in [3.63, 3.8) is 0 Å². The Labute approximate surface area is 141 Å². The van der Waals surface area contributed by atoms with Gasteiger partial charge in [0.15, 0.2) is 5.11 Å². The lowest BCUT2D eigenvalue weighted by Gasteiger charge is -2.27. The van der Waals surface area contributed by atoms with Gasteiger partial charge in [0.05, 0.1) is 31.7 Å². The van der Waals surface area contributed by atoms with Crippen molar-refractivity contribution in [1.29, 1.82) is 0 Å². The highest BCUT2D eigenvalue weighted by molar-refractivity contribution is 7.80. The van der Waals surface area contributed by atoms with E-state index >= 15 is 0 Å². The maximum atomic E-state index is 12.8. The molecule has 0 saturated carbocycles. The van der Waals surface area contributed by atoms with Crippen LogP contribution in [0.25, 0.3) is 0 Å². The number of carbonyl (C=O) groups is 1. The minimum atomic E-state index is -0.0603. The first kappa shape index (κ1) is 17.6. The number of nitrogens with one attached hydrogen (secondary N) is 2. The van der Waals surface area contributed by atoms with Crippen LogP contribution >= 0.6 is 12.2 Å². The van der Waals surface area contributed by atoms with Gasteiger partial charge in [-0.15, -0.1) is 0 Å². The number of anilines is 1. The zero-order valence-electron chi connectivity index (χ0n) is 13.5. The zero-order chi connectivity index (χ0) is 16.7. The van der Waals surface area contributed by atoms with E-state index in [1.165, 1.54) is 0 Å². The van der Waals surface area contributed by atoms with Crippen molar-refractivity contribution in [3.05, 3.63) is 11.9 Å². The summed E-state index contributed by atoms with van der Waals surface area (Å²) in [5, 5.41) is 10.8. The van der Waals surface area contributed by atoms with E-state index in [9.17, 15) is 4.79 Å². The molecule has 0 unspecified atom stereocenters. The van der Waals surface area contributed by atoms with E-state index in [4.69, 9.17) is 21.7 Å². The van der Waals surface area contributed by atoms with Crippen LogP contribution in [0.15, 0.2) is 6.20 Å². The van der Waals surface area contributed by atoms with Gasteiger partial charge in [0.25, 0.3) is 5.91 Å². The fourth-order valence-corrected chi connectivity index (χ4v) is 2.50. The SMILES string of the molecule is CCn1ncc(NC(=S)NCCOC)c1C(=O)N1CCOCC1. The summed E-state index contributed by atoms with van der Waals surface area (Å²) in [5.74, 6) is -0.0603. The summed E-state index contributed by atoms with van der Waals surface area (Å²) in [7, 11) is 1.63. The summed E-state index contributed by atoms with van der Waals surface area (Å²) in [6, 6.07) is 0. The summed E-state index contributed by atoms with van der Waals surface area (Å²) in [6.07, 6.45) is 1.63. The fourth-order valence-electron chi connectivity index (χ4n) is 2.29. The molecule has 8 nitrogen and oxygen atoms in total. The quantitative estimate of drug-likeness (QED) is 0.569. The van der Waals surface area contributed by atoms with Crippen LogP contribution in [0.3, 0.4) is 0 Å². The fraction of sp³-hybridized carbons (Fsp3) is 0.643.